The van der Waals surface area contributed by atoms with E-state index in [0.717, 1.165) is 25.4 Å². The van der Waals surface area contributed by atoms with Crippen molar-refractivity contribution in [2.24, 2.45) is 5.92 Å². The average Bonchev–Trinajstić information content (AvgIpc) is 2.90. The van der Waals surface area contributed by atoms with Gasteiger partial charge in [-0.15, -0.1) is 0 Å². The molecule has 0 saturated heterocycles. The van der Waals surface area contributed by atoms with Crippen LogP contribution in [0.5, 0.6) is 0 Å². The van der Waals surface area contributed by atoms with Crippen LogP contribution in [0.15, 0.2) is 24.3 Å². The van der Waals surface area contributed by atoms with Gasteiger partial charge in [0.25, 0.3) is 0 Å². The standard InChI is InChI=1S/C17H28N2/c1-18-12-11-16-9-5-6-10-17(16)14-19(2)13-15-7-3-4-8-15/h5-6,9-10,15,18H,3-4,7-8,11-14H2,1-2H3. The third-order valence-corrected chi connectivity index (χ3v) is 4.25. The zero-order valence-electron chi connectivity index (χ0n) is 12.5. The van der Waals surface area contributed by atoms with Crippen LogP contribution >= 0.6 is 0 Å². The van der Waals surface area contributed by atoms with E-state index in [1.807, 2.05) is 7.05 Å². The molecule has 1 saturated carbocycles. The normalized spacial score (nSPS) is 16.4. The van der Waals surface area contributed by atoms with Gasteiger partial charge in [-0.3, -0.25) is 0 Å². The predicted octanol–water partition coefficient (Wildman–Crippen LogP) is 3.07. The highest BCUT2D eigenvalue weighted by atomic mass is 15.1. The van der Waals surface area contributed by atoms with Crippen LogP contribution in [-0.4, -0.2) is 32.1 Å². The van der Waals surface area contributed by atoms with E-state index in [2.05, 4.69) is 41.5 Å². The van der Waals surface area contributed by atoms with E-state index in [0.29, 0.717) is 0 Å². The second kappa shape index (κ2) is 7.66. The van der Waals surface area contributed by atoms with E-state index in [1.165, 1.54) is 43.4 Å². The Hall–Kier alpha value is -0.860. The molecule has 0 radical (unpaired) electrons. The van der Waals surface area contributed by atoms with E-state index < -0.39 is 0 Å². The zero-order valence-corrected chi connectivity index (χ0v) is 12.5. The molecule has 1 aliphatic rings. The van der Waals surface area contributed by atoms with E-state index in [9.17, 15) is 0 Å². The smallest absolute Gasteiger partial charge is 0.0233 e. The fraction of sp³-hybridized carbons (Fsp3) is 0.647. The molecule has 19 heavy (non-hydrogen) atoms. The molecular formula is C17H28N2. The monoisotopic (exact) mass is 260 g/mol. The Kier molecular flexibility index (Phi) is 5.87. The van der Waals surface area contributed by atoms with Crippen molar-refractivity contribution in [3.05, 3.63) is 35.4 Å². The van der Waals surface area contributed by atoms with E-state index in [1.54, 1.807) is 0 Å². The molecule has 0 aromatic heterocycles. The summed E-state index contributed by atoms with van der Waals surface area (Å²) < 4.78 is 0. The van der Waals surface area contributed by atoms with Crippen LogP contribution in [0.3, 0.4) is 0 Å². The van der Waals surface area contributed by atoms with Crippen LogP contribution in [0.2, 0.25) is 0 Å². The maximum absolute atomic E-state index is 3.24. The molecule has 0 aliphatic heterocycles. The van der Waals surface area contributed by atoms with Crippen LogP contribution in [0.1, 0.15) is 36.8 Å². The molecule has 0 unspecified atom stereocenters. The first-order valence-electron chi connectivity index (χ1n) is 7.69. The summed E-state index contributed by atoms with van der Waals surface area (Å²) >= 11 is 0. The highest BCUT2D eigenvalue weighted by molar-refractivity contribution is 5.27. The molecule has 0 spiro atoms. The second-order valence-electron chi connectivity index (χ2n) is 5.97. The summed E-state index contributed by atoms with van der Waals surface area (Å²) in [6.45, 7) is 3.42. The first-order chi connectivity index (χ1) is 9.29. The molecular weight excluding hydrogens is 232 g/mol. The van der Waals surface area contributed by atoms with Crippen molar-refractivity contribution in [1.82, 2.24) is 10.2 Å². The number of benzene rings is 1. The molecule has 1 fully saturated rings. The highest BCUT2D eigenvalue weighted by Crippen LogP contribution is 2.25. The second-order valence-corrected chi connectivity index (χ2v) is 5.97. The van der Waals surface area contributed by atoms with Crippen molar-refractivity contribution in [3.63, 3.8) is 0 Å². The maximum atomic E-state index is 3.24. The van der Waals surface area contributed by atoms with Gasteiger partial charge in [-0.25, -0.2) is 0 Å². The number of hydrogen-bond acceptors (Lipinski definition) is 2. The Labute approximate surface area is 118 Å². The Morgan fingerprint density at radius 2 is 1.84 bits per heavy atom. The van der Waals surface area contributed by atoms with Crippen molar-refractivity contribution < 1.29 is 0 Å². The summed E-state index contributed by atoms with van der Waals surface area (Å²) in [6.07, 6.45) is 6.88. The SMILES string of the molecule is CNCCc1ccccc1CN(C)CC1CCCC1. The van der Waals surface area contributed by atoms with Crippen LogP contribution in [0.4, 0.5) is 0 Å². The van der Waals surface area contributed by atoms with Gasteiger partial charge in [0.15, 0.2) is 0 Å². The third kappa shape index (κ3) is 4.63. The highest BCUT2D eigenvalue weighted by Gasteiger charge is 2.17. The summed E-state index contributed by atoms with van der Waals surface area (Å²) in [5, 5.41) is 3.24. The molecule has 1 aromatic rings. The molecule has 2 heteroatoms. The molecule has 0 bridgehead atoms. The quantitative estimate of drug-likeness (QED) is 0.810. The lowest BCUT2D eigenvalue weighted by atomic mass is 10.0. The van der Waals surface area contributed by atoms with Gasteiger partial charge in [-0.1, -0.05) is 37.1 Å². The summed E-state index contributed by atoms with van der Waals surface area (Å²) in [7, 11) is 4.29. The average molecular weight is 260 g/mol. The van der Waals surface area contributed by atoms with Crippen LogP contribution < -0.4 is 5.32 Å². The number of rotatable bonds is 7. The van der Waals surface area contributed by atoms with Gasteiger partial charge in [0.1, 0.15) is 0 Å². The minimum absolute atomic E-state index is 0.939. The Balaban J connectivity index is 1.89. The molecule has 0 amide bonds. The number of likely N-dealkylation sites (N-methyl/N-ethyl adjacent to an activating group) is 1. The fourth-order valence-corrected chi connectivity index (χ4v) is 3.20. The van der Waals surface area contributed by atoms with Gasteiger partial charge in [-0.05, 0) is 56.9 Å². The van der Waals surface area contributed by atoms with E-state index >= 15 is 0 Å². The van der Waals surface area contributed by atoms with Gasteiger partial charge in [0.05, 0.1) is 0 Å². The lowest BCUT2D eigenvalue weighted by Crippen LogP contribution is -2.25. The molecule has 1 N–H and O–H groups in total. The summed E-state index contributed by atoms with van der Waals surface area (Å²) in [5.74, 6) is 0.939. The molecule has 0 heterocycles. The molecule has 0 atom stereocenters. The lowest BCUT2D eigenvalue weighted by molar-refractivity contribution is 0.270. The lowest BCUT2D eigenvalue weighted by Gasteiger charge is -2.22. The first-order valence-corrected chi connectivity index (χ1v) is 7.69. The topological polar surface area (TPSA) is 15.3 Å². The number of hydrogen-bond donors (Lipinski definition) is 1. The van der Waals surface area contributed by atoms with Gasteiger partial charge in [-0.2, -0.15) is 0 Å². The number of nitrogens with zero attached hydrogens (tertiary/aromatic N) is 1. The van der Waals surface area contributed by atoms with Crippen molar-refractivity contribution in [3.8, 4) is 0 Å². The van der Waals surface area contributed by atoms with E-state index in [4.69, 9.17) is 0 Å². The van der Waals surface area contributed by atoms with Gasteiger partial charge in [0.2, 0.25) is 0 Å². The zero-order chi connectivity index (χ0) is 13.5. The Bertz CT molecular complexity index is 369. The first kappa shape index (κ1) is 14.5. The molecule has 1 aromatic carbocycles. The molecule has 2 nitrogen and oxygen atoms in total. The molecule has 2 rings (SSSR count). The van der Waals surface area contributed by atoms with Crippen molar-refractivity contribution in [2.45, 2.75) is 38.6 Å². The Morgan fingerprint density at radius 1 is 1.16 bits per heavy atom. The summed E-state index contributed by atoms with van der Waals surface area (Å²) in [6, 6.07) is 8.89. The van der Waals surface area contributed by atoms with Gasteiger partial charge in [0, 0.05) is 13.1 Å². The molecule has 1 aliphatic carbocycles. The molecule has 106 valence electrons. The largest absolute Gasteiger partial charge is 0.319 e. The fourth-order valence-electron chi connectivity index (χ4n) is 3.20. The predicted molar refractivity (Wildman–Crippen MR) is 82.4 cm³/mol. The summed E-state index contributed by atoms with van der Waals surface area (Å²) in [4.78, 5) is 2.51. The minimum Gasteiger partial charge on any atom is -0.319 e. The van der Waals surface area contributed by atoms with Crippen LogP contribution in [-0.2, 0) is 13.0 Å². The minimum atomic E-state index is 0.939. The van der Waals surface area contributed by atoms with Gasteiger partial charge < -0.3 is 10.2 Å². The van der Waals surface area contributed by atoms with Crippen LogP contribution in [0.25, 0.3) is 0 Å². The third-order valence-electron chi connectivity index (χ3n) is 4.25. The van der Waals surface area contributed by atoms with Gasteiger partial charge >= 0.3 is 0 Å². The van der Waals surface area contributed by atoms with Crippen molar-refractivity contribution >= 4 is 0 Å². The van der Waals surface area contributed by atoms with Crippen molar-refractivity contribution in [1.29, 1.82) is 0 Å². The maximum Gasteiger partial charge on any atom is 0.0233 e. The summed E-state index contributed by atoms with van der Waals surface area (Å²) in [5.41, 5.74) is 2.99. The van der Waals surface area contributed by atoms with Crippen LogP contribution in [0, 0.1) is 5.92 Å². The van der Waals surface area contributed by atoms with Crippen molar-refractivity contribution in [2.75, 3.05) is 27.2 Å². The van der Waals surface area contributed by atoms with E-state index in [-0.39, 0.29) is 0 Å². The Morgan fingerprint density at radius 3 is 2.53 bits per heavy atom. The number of nitrogens with one attached hydrogen (secondary N) is 1.